The van der Waals surface area contributed by atoms with E-state index in [0.29, 0.717) is 0 Å². The van der Waals surface area contributed by atoms with Crippen molar-refractivity contribution in [1.82, 2.24) is 0 Å². The number of carboxylic acids is 1. The molecule has 0 aliphatic carbocycles. The van der Waals surface area contributed by atoms with Gasteiger partial charge in [-0.25, -0.2) is 4.79 Å². The van der Waals surface area contributed by atoms with Gasteiger partial charge in [-0.15, -0.1) is 0 Å². The Hall–Kier alpha value is 0.729. The van der Waals surface area contributed by atoms with Crippen LogP contribution in [0.4, 0.5) is 0 Å². The molecule has 6 heavy (non-hydrogen) atoms. The molecule has 0 unspecified atom stereocenters. The van der Waals surface area contributed by atoms with Crippen LogP contribution in [0.2, 0.25) is 0 Å². The molecule has 0 fully saturated rings. The molecule has 0 spiro atoms. The Bertz CT molecular complexity index is 59.8. The number of carbonyl (C=O) groups is 1. The van der Waals surface area contributed by atoms with E-state index in [-0.39, 0.29) is 46.9 Å². The van der Waals surface area contributed by atoms with Gasteiger partial charge in [0, 0.05) is 53.0 Å². The molecule has 0 saturated heterocycles. The van der Waals surface area contributed by atoms with Crippen molar-refractivity contribution in [1.29, 1.82) is 0 Å². The number of carboxylic acid groups (broad SMARTS) is 1. The van der Waals surface area contributed by atoms with Gasteiger partial charge in [-0.2, -0.15) is 0 Å². The first-order chi connectivity index (χ1) is 2.27. The molecule has 0 radical (unpaired) electrons. The summed E-state index contributed by atoms with van der Waals surface area (Å²) < 4.78 is 0. The number of aliphatic carboxylic acids is 1. The van der Waals surface area contributed by atoms with Crippen molar-refractivity contribution in [3.63, 3.8) is 0 Å². The molecule has 1 N–H and O–H groups in total. The van der Waals surface area contributed by atoms with E-state index in [0.717, 1.165) is 6.08 Å². The molecule has 2 nitrogen and oxygen atoms in total. The monoisotopic (exact) mass is 246 g/mol. The van der Waals surface area contributed by atoms with Crippen molar-refractivity contribution in [2.75, 3.05) is 0 Å². The molecule has 0 atom stereocenters. The summed E-state index contributed by atoms with van der Waals surface area (Å²) in [7, 11) is 0. The van der Waals surface area contributed by atoms with E-state index in [9.17, 15) is 4.79 Å². The predicted molar refractivity (Wildman–Crippen MR) is 17.8 cm³/mol. The van der Waals surface area contributed by atoms with E-state index in [2.05, 4.69) is 6.58 Å². The van der Waals surface area contributed by atoms with Crippen LogP contribution in [0.25, 0.3) is 0 Å². The van der Waals surface area contributed by atoms with Crippen molar-refractivity contribution in [3.8, 4) is 0 Å². The molecule has 0 amide bonds. The van der Waals surface area contributed by atoms with E-state index < -0.39 is 5.97 Å². The van der Waals surface area contributed by atoms with Gasteiger partial charge in [0.05, 0.1) is 0 Å². The summed E-state index contributed by atoms with van der Waals surface area (Å²) in [5.41, 5.74) is 0. The summed E-state index contributed by atoms with van der Waals surface area (Å²) in [5, 5.41) is 7.60. The quantitative estimate of drug-likeness (QED) is 0.673. The molecule has 3 heteroatoms. The van der Waals surface area contributed by atoms with Crippen molar-refractivity contribution >= 4 is 5.97 Å². The van der Waals surface area contributed by atoms with Crippen LogP contribution in [0.1, 0.15) is 0 Å². The van der Waals surface area contributed by atoms with Gasteiger partial charge in [0.15, 0.2) is 0 Å². The first-order valence-corrected chi connectivity index (χ1v) is 1.12. The second kappa shape index (κ2) is 5.73. The molecule has 0 bridgehead atoms. The molecule has 0 saturated carbocycles. The zero-order valence-electron chi connectivity index (χ0n) is 2.91. The minimum atomic E-state index is -0.981. The second-order valence-electron chi connectivity index (χ2n) is 0.542. The largest absolute Gasteiger partial charge is 0.478 e. The predicted octanol–water partition coefficient (Wildman–Crippen LogP) is 0.257. The minimum Gasteiger partial charge on any atom is -0.478 e. The van der Waals surface area contributed by atoms with Crippen molar-refractivity contribution in [3.05, 3.63) is 12.7 Å². The van der Waals surface area contributed by atoms with Crippen LogP contribution in [-0.4, -0.2) is 11.1 Å². The van der Waals surface area contributed by atoms with Crippen molar-refractivity contribution < 1.29 is 56.8 Å². The van der Waals surface area contributed by atoms with E-state index in [4.69, 9.17) is 5.11 Å². The molecule has 0 aliphatic heterocycles. The molecule has 42 valence electrons. The Morgan fingerprint density at radius 2 is 2.00 bits per heavy atom. The van der Waals surface area contributed by atoms with Gasteiger partial charge in [0.25, 0.3) is 0 Å². The van der Waals surface area contributed by atoms with Gasteiger partial charge in [-0.1, -0.05) is 6.58 Å². The number of hydrogen-bond donors (Lipinski definition) is 1. The summed E-state index contributed by atoms with van der Waals surface area (Å²) in [6.07, 6.45) is 0.833. The van der Waals surface area contributed by atoms with Crippen LogP contribution >= 0.6 is 0 Å². The zero-order valence-corrected chi connectivity index (χ0v) is 4.62. The van der Waals surface area contributed by atoms with Crippen LogP contribution in [0, 0.1) is 46.9 Å². The number of rotatable bonds is 1. The molecule has 0 aliphatic rings. The van der Waals surface area contributed by atoms with Gasteiger partial charge < -0.3 is 5.11 Å². The first-order valence-electron chi connectivity index (χ1n) is 1.12. The Kier molecular flexibility index (Phi) is 9.43. The van der Waals surface area contributed by atoms with Crippen LogP contribution in [0.3, 0.4) is 0 Å². The zero-order chi connectivity index (χ0) is 4.28. The van der Waals surface area contributed by atoms with Gasteiger partial charge in [-0.05, 0) is 0 Å². The first kappa shape index (κ1) is 9.88. The average Bonchev–Trinajstić information content (AvgIpc) is 1.38. The Morgan fingerprint density at radius 3 is 2.00 bits per heavy atom. The van der Waals surface area contributed by atoms with E-state index in [1.807, 2.05) is 0 Å². The molecule has 0 aromatic rings. The third kappa shape index (κ3) is 8.83. The Labute approximate surface area is 74.5 Å². The van der Waals surface area contributed by atoms with Crippen LogP contribution < -0.4 is 0 Å². The standard InChI is InChI=1S/C3H4O2.Yb/c1-2-3(4)5;/h2H,1H2,(H,4,5);. The Morgan fingerprint density at radius 1 is 1.83 bits per heavy atom. The van der Waals surface area contributed by atoms with Crippen molar-refractivity contribution in [2.45, 2.75) is 0 Å². The SMILES string of the molecule is C=CC(=O)O.[Yb]. The molecular formula is C3H4O2Yb. The fraction of sp³-hybridized carbons (Fsp3) is 0. The topological polar surface area (TPSA) is 37.3 Å². The van der Waals surface area contributed by atoms with Crippen molar-refractivity contribution in [2.24, 2.45) is 0 Å². The summed E-state index contributed by atoms with van der Waals surface area (Å²) >= 11 is 0. The maximum absolute atomic E-state index is 9.25. The smallest absolute Gasteiger partial charge is 0.327 e. The van der Waals surface area contributed by atoms with Gasteiger partial charge in [0.2, 0.25) is 0 Å². The van der Waals surface area contributed by atoms with Crippen LogP contribution in [0.15, 0.2) is 12.7 Å². The van der Waals surface area contributed by atoms with Gasteiger partial charge in [0.1, 0.15) is 0 Å². The maximum Gasteiger partial charge on any atom is 0.327 e. The molecular weight excluding hydrogens is 241 g/mol. The average molecular weight is 245 g/mol. The molecule has 0 aromatic carbocycles. The Balaban J connectivity index is 0. The fourth-order valence-electron chi connectivity index (χ4n) is 0. The second-order valence-corrected chi connectivity index (χ2v) is 0.542. The normalized spacial score (nSPS) is 5.33. The number of hydrogen-bond acceptors (Lipinski definition) is 1. The third-order valence-corrected chi connectivity index (χ3v) is 0.175. The summed E-state index contributed by atoms with van der Waals surface area (Å²) in [5.74, 6) is -0.981. The van der Waals surface area contributed by atoms with Crippen LogP contribution in [-0.2, 0) is 4.79 Å². The van der Waals surface area contributed by atoms with E-state index in [1.54, 1.807) is 0 Å². The maximum atomic E-state index is 9.25. The summed E-state index contributed by atoms with van der Waals surface area (Å²) in [6.45, 7) is 2.96. The van der Waals surface area contributed by atoms with Gasteiger partial charge >= 0.3 is 5.97 Å². The van der Waals surface area contributed by atoms with E-state index >= 15 is 0 Å². The summed E-state index contributed by atoms with van der Waals surface area (Å²) in [6, 6.07) is 0. The van der Waals surface area contributed by atoms with Gasteiger partial charge in [-0.3, -0.25) is 0 Å². The third-order valence-electron chi connectivity index (χ3n) is 0.175. The summed E-state index contributed by atoms with van der Waals surface area (Å²) in [4.78, 5) is 9.25. The minimum absolute atomic E-state index is 0. The fourth-order valence-corrected chi connectivity index (χ4v) is 0. The molecule has 0 heterocycles. The molecule has 0 rings (SSSR count). The molecule has 0 aromatic heterocycles. The van der Waals surface area contributed by atoms with E-state index in [1.165, 1.54) is 0 Å². The van der Waals surface area contributed by atoms with Crippen LogP contribution in [0.5, 0.6) is 0 Å².